The summed E-state index contributed by atoms with van der Waals surface area (Å²) in [5, 5.41) is 3.22. The van der Waals surface area contributed by atoms with E-state index < -0.39 is 5.97 Å². The van der Waals surface area contributed by atoms with Gasteiger partial charge in [0, 0.05) is 6.04 Å². The fourth-order valence-corrected chi connectivity index (χ4v) is 2.41. The van der Waals surface area contributed by atoms with Gasteiger partial charge >= 0.3 is 5.97 Å². The summed E-state index contributed by atoms with van der Waals surface area (Å²) in [6.45, 7) is 4.23. The average molecular weight is 252 g/mol. The first-order valence-electron chi connectivity index (χ1n) is 6.60. The molecule has 1 aromatic rings. The maximum absolute atomic E-state index is 11.4. The summed E-state index contributed by atoms with van der Waals surface area (Å²) in [5.74, 6) is 0.228. The number of aromatic nitrogens is 1. The first kappa shape index (κ1) is 12.9. The average Bonchev–Trinajstić information content (AvgIpc) is 2.99. The van der Waals surface area contributed by atoms with E-state index in [-0.39, 0.29) is 5.69 Å². The normalized spacial score (nSPS) is 17.7. The van der Waals surface area contributed by atoms with Crippen LogP contribution in [0, 0.1) is 5.92 Å². The van der Waals surface area contributed by atoms with Crippen LogP contribution in [-0.2, 0) is 4.74 Å². The Labute approximate surface area is 107 Å². The number of carbonyl (C=O) groups excluding carboxylic acids is 1. The molecule has 1 aliphatic carbocycles. The first-order valence-corrected chi connectivity index (χ1v) is 6.60. The van der Waals surface area contributed by atoms with Gasteiger partial charge < -0.3 is 14.5 Å². The second-order valence-corrected chi connectivity index (χ2v) is 4.74. The summed E-state index contributed by atoms with van der Waals surface area (Å²) >= 11 is 0. The molecule has 0 aliphatic heterocycles. The predicted molar refractivity (Wildman–Crippen MR) is 67.5 cm³/mol. The van der Waals surface area contributed by atoms with Crippen LogP contribution in [0.4, 0.5) is 6.01 Å². The molecule has 0 amide bonds. The number of ether oxygens (including phenoxy) is 1. The number of hydrogen-bond acceptors (Lipinski definition) is 5. The van der Waals surface area contributed by atoms with Crippen molar-refractivity contribution >= 4 is 12.0 Å². The molecule has 5 nitrogen and oxygen atoms in total. The van der Waals surface area contributed by atoms with E-state index in [1.807, 2.05) is 0 Å². The molecule has 0 aromatic carbocycles. The van der Waals surface area contributed by atoms with Crippen LogP contribution in [0.3, 0.4) is 0 Å². The molecule has 2 rings (SSSR count). The molecule has 1 heterocycles. The molecule has 1 saturated carbocycles. The highest BCUT2D eigenvalue weighted by molar-refractivity contribution is 5.87. The minimum absolute atomic E-state index is 0.220. The molecule has 18 heavy (non-hydrogen) atoms. The van der Waals surface area contributed by atoms with Gasteiger partial charge in [-0.15, -0.1) is 0 Å². The second-order valence-electron chi connectivity index (χ2n) is 4.74. The van der Waals surface area contributed by atoms with Gasteiger partial charge in [0.2, 0.25) is 0 Å². The maximum Gasteiger partial charge on any atom is 0.360 e. The molecule has 1 N–H and O–H groups in total. The summed E-state index contributed by atoms with van der Waals surface area (Å²) in [5.41, 5.74) is 0.220. The Morgan fingerprint density at radius 1 is 1.61 bits per heavy atom. The standard InChI is InChI=1S/C13H20N2O3/c1-3-17-12(16)11-8-18-13(15-11)14-9(2)10-6-4-5-7-10/h8-10H,3-7H2,1-2H3,(H,14,15). The lowest BCUT2D eigenvalue weighted by Crippen LogP contribution is -2.24. The smallest absolute Gasteiger partial charge is 0.360 e. The van der Waals surface area contributed by atoms with E-state index in [1.54, 1.807) is 6.92 Å². The van der Waals surface area contributed by atoms with Crippen LogP contribution in [0.5, 0.6) is 0 Å². The molecule has 1 aromatic heterocycles. The lowest BCUT2D eigenvalue weighted by molar-refractivity contribution is 0.0519. The van der Waals surface area contributed by atoms with Gasteiger partial charge in [-0.3, -0.25) is 0 Å². The minimum atomic E-state index is -0.442. The van der Waals surface area contributed by atoms with Crippen molar-refractivity contribution in [2.45, 2.75) is 45.6 Å². The molecule has 5 heteroatoms. The van der Waals surface area contributed by atoms with Crippen LogP contribution in [0.1, 0.15) is 50.0 Å². The second kappa shape index (κ2) is 5.89. The minimum Gasteiger partial charge on any atom is -0.461 e. The van der Waals surface area contributed by atoms with Crippen molar-refractivity contribution in [2.24, 2.45) is 5.92 Å². The molecule has 0 spiro atoms. The van der Waals surface area contributed by atoms with Crippen LogP contribution in [-0.4, -0.2) is 23.6 Å². The van der Waals surface area contributed by atoms with Gasteiger partial charge in [-0.05, 0) is 32.6 Å². The number of nitrogens with one attached hydrogen (secondary N) is 1. The Morgan fingerprint density at radius 2 is 2.33 bits per heavy atom. The lowest BCUT2D eigenvalue weighted by atomic mass is 10.0. The van der Waals surface area contributed by atoms with E-state index in [0.717, 1.165) is 0 Å². The number of anilines is 1. The van der Waals surface area contributed by atoms with Gasteiger partial charge in [0.15, 0.2) is 5.69 Å². The Kier molecular flexibility index (Phi) is 4.23. The lowest BCUT2D eigenvalue weighted by Gasteiger charge is -2.18. The monoisotopic (exact) mass is 252 g/mol. The number of oxazole rings is 1. The number of carbonyl (C=O) groups is 1. The van der Waals surface area contributed by atoms with Crippen LogP contribution >= 0.6 is 0 Å². The zero-order chi connectivity index (χ0) is 13.0. The van der Waals surface area contributed by atoms with Gasteiger partial charge in [0.25, 0.3) is 6.01 Å². The number of hydrogen-bond donors (Lipinski definition) is 1. The van der Waals surface area contributed by atoms with E-state index in [1.165, 1.54) is 31.9 Å². The van der Waals surface area contributed by atoms with E-state index in [9.17, 15) is 4.79 Å². The van der Waals surface area contributed by atoms with Crippen molar-refractivity contribution in [3.63, 3.8) is 0 Å². The third kappa shape index (κ3) is 3.03. The molecular formula is C13H20N2O3. The number of rotatable bonds is 5. The highest BCUT2D eigenvalue weighted by Crippen LogP contribution is 2.29. The molecule has 100 valence electrons. The predicted octanol–water partition coefficient (Wildman–Crippen LogP) is 2.84. The fraction of sp³-hybridized carbons (Fsp3) is 0.692. The highest BCUT2D eigenvalue weighted by atomic mass is 16.5. The molecule has 0 radical (unpaired) electrons. The molecule has 0 bridgehead atoms. The van der Waals surface area contributed by atoms with Crippen molar-refractivity contribution in [2.75, 3.05) is 11.9 Å². The first-order chi connectivity index (χ1) is 8.70. The van der Waals surface area contributed by atoms with Crippen LogP contribution in [0.25, 0.3) is 0 Å². The largest absolute Gasteiger partial charge is 0.461 e. The number of nitrogens with zero attached hydrogens (tertiary/aromatic N) is 1. The van der Waals surface area contributed by atoms with Crippen LogP contribution in [0.2, 0.25) is 0 Å². The van der Waals surface area contributed by atoms with Gasteiger partial charge in [-0.1, -0.05) is 12.8 Å². The molecule has 1 unspecified atom stereocenters. The quantitative estimate of drug-likeness (QED) is 0.816. The Bertz CT molecular complexity index is 397. The summed E-state index contributed by atoms with van der Waals surface area (Å²) in [6, 6.07) is 0.721. The molecule has 1 aliphatic rings. The Balaban J connectivity index is 1.91. The summed E-state index contributed by atoms with van der Waals surface area (Å²) < 4.78 is 10.1. The zero-order valence-corrected chi connectivity index (χ0v) is 10.9. The fourth-order valence-electron chi connectivity index (χ4n) is 2.41. The van der Waals surface area contributed by atoms with Gasteiger partial charge in [-0.25, -0.2) is 4.79 Å². The SMILES string of the molecule is CCOC(=O)c1coc(NC(C)C2CCCC2)n1. The molecule has 1 fully saturated rings. The third-order valence-corrected chi connectivity index (χ3v) is 3.45. The zero-order valence-electron chi connectivity index (χ0n) is 10.9. The van der Waals surface area contributed by atoms with Crippen molar-refractivity contribution in [1.82, 2.24) is 4.98 Å². The van der Waals surface area contributed by atoms with Gasteiger partial charge in [-0.2, -0.15) is 4.98 Å². The topological polar surface area (TPSA) is 64.4 Å². The summed E-state index contributed by atoms with van der Waals surface area (Å²) in [7, 11) is 0. The van der Waals surface area contributed by atoms with Crippen LogP contribution < -0.4 is 5.32 Å². The van der Waals surface area contributed by atoms with Gasteiger partial charge in [0.1, 0.15) is 6.26 Å². The Morgan fingerprint density at radius 3 is 3.00 bits per heavy atom. The van der Waals surface area contributed by atoms with Crippen molar-refractivity contribution in [1.29, 1.82) is 0 Å². The van der Waals surface area contributed by atoms with Crippen molar-refractivity contribution in [3.8, 4) is 0 Å². The van der Waals surface area contributed by atoms with E-state index >= 15 is 0 Å². The van der Waals surface area contributed by atoms with Crippen molar-refractivity contribution < 1.29 is 13.9 Å². The highest BCUT2D eigenvalue weighted by Gasteiger charge is 2.23. The molecule has 0 saturated heterocycles. The molecule has 1 atom stereocenters. The van der Waals surface area contributed by atoms with Crippen LogP contribution in [0.15, 0.2) is 10.7 Å². The summed E-state index contributed by atoms with van der Waals surface area (Å²) in [4.78, 5) is 15.5. The van der Waals surface area contributed by atoms with Gasteiger partial charge in [0.05, 0.1) is 6.61 Å². The van der Waals surface area contributed by atoms with E-state index in [4.69, 9.17) is 9.15 Å². The summed E-state index contributed by atoms with van der Waals surface area (Å²) in [6.07, 6.45) is 6.44. The van der Waals surface area contributed by atoms with E-state index in [2.05, 4.69) is 17.2 Å². The van der Waals surface area contributed by atoms with E-state index in [0.29, 0.717) is 24.6 Å². The number of esters is 1. The van der Waals surface area contributed by atoms with Crippen molar-refractivity contribution in [3.05, 3.63) is 12.0 Å². The Hall–Kier alpha value is -1.52. The maximum atomic E-state index is 11.4. The molecular weight excluding hydrogens is 232 g/mol. The third-order valence-electron chi connectivity index (χ3n) is 3.45.